The molecule has 62 valence electrons. The zero-order chi connectivity index (χ0) is 8.32. The second-order valence-electron chi connectivity index (χ2n) is 2.57. The van der Waals surface area contributed by atoms with Gasteiger partial charge in [0.25, 0.3) is 0 Å². The minimum absolute atomic E-state index is 0.0414. The molecule has 1 rings (SSSR count). The Kier molecular flexibility index (Phi) is 2.71. The standard InChI is InChI=1S/C8H11BrO2/c1-2-11-7(10)3-4-8(9)5-6-8/h5-6H,2-4H2,1H3. The number of rotatable bonds is 4. The van der Waals surface area contributed by atoms with E-state index in [1.54, 1.807) is 0 Å². The number of hydrogen-bond donors (Lipinski definition) is 0. The fraction of sp³-hybridized carbons (Fsp3) is 0.625. The van der Waals surface area contributed by atoms with E-state index >= 15 is 0 Å². The van der Waals surface area contributed by atoms with Crippen molar-refractivity contribution in [3.05, 3.63) is 12.2 Å². The topological polar surface area (TPSA) is 26.3 Å². The van der Waals surface area contributed by atoms with Gasteiger partial charge in [-0.05, 0) is 13.3 Å². The van der Waals surface area contributed by atoms with Crippen LogP contribution in [0.15, 0.2) is 12.2 Å². The van der Waals surface area contributed by atoms with E-state index in [-0.39, 0.29) is 10.3 Å². The zero-order valence-corrected chi connectivity index (χ0v) is 8.06. The van der Waals surface area contributed by atoms with E-state index < -0.39 is 0 Å². The predicted octanol–water partition coefficient (Wildman–Crippen LogP) is 2.03. The van der Waals surface area contributed by atoms with E-state index in [9.17, 15) is 4.79 Å². The maximum atomic E-state index is 10.8. The largest absolute Gasteiger partial charge is 0.466 e. The Morgan fingerprint density at radius 1 is 1.64 bits per heavy atom. The lowest BCUT2D eigenvalue weighted by molar-refractivity contribution is -0.143. The number of halogens is 1. The highest BCUT2D eigenvalue weighted by atomic mass is 79.9. The normalized spacial score (nSPS) is 18.0. The summed E-state index contributed by atoms with van der Waals surface area (Å²) >= 11 is 3.45. The molecule has 0 spiro atoms. The molecule has 0 heterocycles. The second kappa shape index (κ2) is 3.39. The summed E-state index contributed by atoms with van der Waals surface area (Å²) in [5.41, 5.74) is 0. The lowest BCUT2D eigenvalue weighted by Gasteiger charge is -2.05. The fourth-order valence-corrected chi connectivity index (χ4v) is 1.11. The molecule has 0 aromatic heterocycles. The van der Waals surface area contributed by atoms with E-state index in [1.165, 1.54) is 0 Å². The summed E-state index contributed by atoms with van der Waals surface area (Å²) in [6.45, 7) is 2.29. The second-order valence-corrected chi connectivity index (χ2v) is 4.04. The third kappa shape index (κ3) is 3.06. The summed E-state index contributed by atoms with van der Waals surface area (Å²) in [5.74, 6) is -0.111. The maximum absolute atomic E-state index is 10.8. The summed E-state index contributed by atoms with van der Waals surface area (Å²) in [6.07, 6.45) is 5.37. The number of carbonyl (C=O) groups is 1. The molecule has 0 atom stereocenters. The molecule has 2 nitrogen and oxygen atoms in total. The molecule has 0 bridgehead atoms. The zero-order valence-electron chi connectivity index (χ0n) is 6.47. The molecule has 0 unspecified atom stereocenters. The van der Waals surface area contributed by atoms with Crippen molar-refractivity contribution >= 4 is 21.9 Å². The Labute approximate surface area is 74.7 Å². The fourth-order valence-electron chi connectivity index (χ4n) is 0.784. The molecule has 1 aliphatic carbocycles. The van der Waals surface area contributed by atoms with Crippen LogP contribution in [0.5, 0.6) is 0 Å². The number of hydrogen-bond acceptors (Lipinski definition) is 2. The number of ether oxygens (including phenoxy) is 1. The third-order valence-corrected chi connectivity index (χ3v) is 2.47. The van der Waals surface area contributed by atoms with Gasteiger partial charge in [0.05, 0.1) is 10.9 Å². The lowest BCUT2D eigenvalue weighted by Crippen LogP contribution is -2.08. The van der Waals surface area contributed by atoms with Gasteiger partial charge in [0, 0.05) is 6.42 Å². The van der Waals surface area contributed by atoms with E-state index in [0.717, 1.165) is 6.42 Å². The summed E-state index contributed by atoms with van der Waals surface area (Å²) in [5, 5.41) is 0. The number of esters is 1. The van der Waals surface area contributed by atoms with Gasteiger partial charge in [-0.15, -0.1) is 0 Å². The van der Waals surface area contributed by atoms with E-state index in [2.05, 4.69) is 15.9 Å². The van der Waals surface area contributed by atoms with Gasteiger partial charge in [-0.25, -0.2) is 0 Å². The summed E-state index contributed by atoms with van der Waals surface area (Å²) in [7, 11) is 0. The van der Waals surface area contributed by atoms with Crippen LogP contribution in [0.4, 0.5) is 0 Å². The minimum atomic E-state index is -0.111. The molecule has 0 N–H and O–H groups in total. The SMILES string of the molecule is CCOC(=O)CCC1(Br)C=C1. The number of alkyl halides is 1. The van der Waals surface area contributed by atoms with Crippen LogP contribution in [0.25, 0.3) is 0 Å². The summed E-state index contributed by atoms with van der Waals surface area (Å²) in [4.78, 5) is 10.8. The van der Waals surface area contributed by atoms with Crippen LogP contribution < -0.4 is 0 Å². The Balaban J connectivity index is 2.07. The van der Waals surface area contributed by atoms with Crippen molar-refractivity contribution < 1.29 is 9.53 Å². The molecule has 11 heavy (non-hydrogen) atoms. The quantitative estimate of drug-likeness (QED) is 0.410. The highest BCUT2D eigenvalue weighted by Crippen LogP contribution is 2.38. The van der Waals surface area contributed by atoms with Crippen molar-refractivity contribution in [1.82, 2.24) is 0 Å². The predicted molar refractivity (Wildman–Crippen MR) is 46.7 cm³/mol. The molecule has 1 aliphatic rings. The lowest BCUT2D eigenvalue weighted by atomic mass is 10.2. The summed E-state index contributed by atoms with van der Waals surface area (Å²) in [6, 6.07) is 0. The molecule has 0 fully saturated rings. The average Bonchev–Trinajstić information content (AvgIpc) is 2.66. The highest BCUT2D eigenvalue weighted by molar-refractivity contribution is 9.10. The van der Waals surface area contributed by atoms with Crippen LogP contribution in [-0.4, -0.2) is 16.9 Å². The van der Waals surface area contributed by atoms with Crippen molar-refractivity contribution in [1.29, 1.82) is 0 Å². The first-order valence-corrected chi connectivity index (χ1v) is 4.50. The maximum Gasteiger partial charge on any atom is 0.305 e. The molecule has 0 aliphatic heterocycles. The first-order valence-electron chi connectivity index (χ1n) is 3.71. The molecular weight excluding hydrogens is 208 g/mol. The van der Waals surface area contributed by atoms with Crippen LogP contribution in [-0.2, 0) is 9.53 Å². The molecule has 0 radical (unpaired) electrons. The van der Waals surface area contributed by atoms with Gasteiger partial charge < -0.3 is 4.74 Å². The Hall–Kier alpha value is -0.310. The van der Waals surface area contributed by atoms with E-state index in [1.807, 2.05) is 19.1 Å². The molecule has 0 aromatic rings. The Morgan fingerprint density at radius 3 is 2.73 bits per heavy atom. The van der Waals surface area contributed by atoms with Crippen LogP contribution >= 0.6 is 15.9 Å². The molecule has 0 saturated carbocycles. The van der Waals surface area contributed by atoms with Crippen LogP contribution in [0.3, 0.4) is 0 Å². The first-order chi connectivity index (χ1) is 5.16. The van der Waals surface area contributed by atoms with Gasteiger partial charge in [0.15, 0.2) is 0 Å². The van der Waals surface area contributed by atoms with Crippen molar-refractivity contribution in [2.24, 2.45) is 0 Å². The van der Waals surface area contributed by atoms with Crippen LogP contribution in [0.1, 0.15) is 19.8 Å². The monoisotopic (exact) mass is 218 g/mol. The smallest absolute Gasteiger partial charge is 0.305 e. The molecule has 0 amide bonds. The van der Waals surface area contributed by atoms with Gasteiger partial charge >= 0.3 is 5.97 Å². The molecular formula is C8H11BrO2. The first kappa shape index (κ1) is 8.78. The average molecular weight is 219 g/mol. The van der Waals surface area contributed by atoms with Crippen LogP contribution in [0, 0.1) is 0 Å². The van der Waals surface area contributed by atoms with Gasteiger partial charge in [0.1, 0.15) is 0 Å². The minimum Gasteiger partial charge on any atom is -0.466 e. The highest BCUT2D eigenvalue weighted by Gasteiger charge is 2.30. The molecule has 0 saturated heterocycles. The Bertz CT molecular complexity index is 181. The van der Waals surface area contributed by atoms with Gasteiger partial charge in [-0.2, -0.15) is 0 Å². The van der Waals surface area contributed by atoms with E-state index in [4.69, 9.17) is 4.74 Å². The Morgan fingerprint density at radius 2 is 2.27 bits per heavy atom. The van der Waals surface area contributed by atoms with Crippen LogP contribution in [0.2, 0.25) is 0 Å². The van der Waals surface area contributed by atoms with Crippen molar-refractivity contribution in [3.8, 4) is 0 Å². The van der Waals surface area contributed by atoms with Crippen molar-refractivity contribution in [2.75, 3.05) is 6.61 Å². The third-order valence-electron chi connectivity index (χ3n) is 1.55. The number of allylic oxidation sites excluding steroid dienone is 2. The van der Waals surface area contributed by atoms with E-state index in [0.29, 0.717) is 13.0 Å². The van der Waals surface area contributed by atoms with Gasteiger partial charge in [-0.1, -0.05) is 28.1 Å². The molecule has 0 aromatic carbocycles. The van der Waals surface area contributed by atoms with Crippen molar-refractivity contribution in [2.45, 2.75) is 24.1 Å². The molecule has 3 heteroatoms. The summed E-state index contributed by atoms with van der Waals surface area (Å²) < 4.78 is 4.82. The van der Waals surface area contributed by atoms with Gasteiger partial charge in [-0.3, -0.25) is 4.79 Å². The van der Waals surface area contributed by atoms with Gasteiger partial charge in [0.2, 0.25) is 0 Å². The van der Waals surface area contributed by atoms with Crippen molar-refractivity contribution in [3.63, 3.8) is 0 Å². The number of carbonyl (C=O) groups excluding carboxylic acids is 1.